The van der Waals surface area contributed by atoms with E-state index in [-0.39, 0.29) is 29.4 Å². The number of hydrogen-bond acceptors (Lipinski definition) is 7. The van der Waals surface area contributed by atoms with E-state index >= 15 is 0 Å². The summed E-state index contributed by atoms with van der Waals surface area (Å²) in [6.45, 7) is 20.4. The van der Waals surface area contributed by atoms with Crippen LogP contribution < -0.4 is 17.6 Å². The number of amides is 1. The van der Waals surface area contributed by atoms with Crippen LogP contribution in [0.25, 0.3) is 0 Å². The molecule has 7 N–H and O–H groups in total. The molecular formula is C25H54FN5O3. The Morgan fingerprint density at radius 2 is 1.76 bits per heavy atom. The number of hydroxylamine groups is 1. The molecule has 0 bridgehead atoms. The fourth-order valence-electron chi connectivity index (χ4n) is 3.28. The maximum absolute atomic E-state index is 14.5. The summed E-state index contributed by atoms with van der Waals surface area (Å²) >= 11 is 0. The van der Waals surface area contributed by atoms with Crippen molar-refractivity contribution >= 4 is 12.2 Å². The van der Waals surface area contributed by atoms with Gasteiger partial charge in [0.05, 0.1) is 12.1 Å². The minimum Gasteiger partial charge on any atom is -0.366 e. The van der Waals surface area contributed by atoms with Gasteiger partial charge in [0.2, 0.25) is 5.91 Å². The molecule has 8 nitrogen and oxygen atoms in total. The van der Waals surface area contributed by atoms with Gasteiger partial charge in [-0.05, 0) is 42.4 Å². The second kappa shape index (κ2) is 18.9. The van der Waals surface area contributed by atoms with Gasteiger partial charge in [-0.2, -0.15) is 0 Å². The molecule has 1 saturated carbocycles. The van der Waals surface area contributed by atoms with Crippen molar-refractivity contribution in [3.8, 4) is 0 Å². The van der Waals surface area contributed by atoms with E-state index in [0.717, 1.165) is 38.5 Å². The first-order chi connectivity index (χ1) is 15.4. The lowest BCUT2D eigenvalue weighted by Crippen LogP contribution is -2.42. The van der Waals surface area contributed by atoms with Crippen molar-refractivity contribution in [2.24, 2.45) is 28.7 Å². The molecule has 1 amide bonds. The SMILES string of the molecule is C=C(C(N)=O)C(CC1CCC1)N(F)OC1CC(C)CN1C.CC.CC.CC(C)(C)C(N)C=O.N. The van der Waals surface area contributed by atoms with Crippen molar-refractivity contribution in [1.29, 1.82) is 0 Å². The molecule has 0 radical (unpaired) electrons. The molecule has 0 aromatic rings. The summed E-state index contributed by atoms with van der Waals surface area (Å²) < 4.78 is 14.5. The zero-order valence-electron chi connectivity index (χ0n) is 23.3. The molecule has 2 fully saturated rings. The normalized spacial score (nSPS) is 21.6. The summed E-state index contributed by atoms with van der Waals surface area (Å²) in [7, 11) is 1.91. The van der Waals surface area contributed by atoms with Crippen LogP contribution >= 0.6 is 0 Å². The molecule has 2 aliphatic rings. The largest absolute Gasteiger partial charge is 0.366 e. The average molecular weight is 492 g/mol. The van der Waals surface area contributed by atoms with Crippen LogP contribution in [0.5, 0.6) is 0 Å². The lowest BCUT2D eigenvalue weighted by Gasteiger charge is -2.33. The third-order valence-corrected chi connectivity index (χ3v) is 5.81. The third-order valence-electron chi connectivity index (χ3n) is 5.81. The van der Waals surface area contributed by atoms with Crippen LogP contribution in [0.1, 0.15) is 87.5 Å². The number of carbonyl (C=O) groups excluding carboxylic acids is 2. The van der Waals surface area contributed by atoms with E-state index in [1.54, 1.807) is 0 Å². The van der Waals surface area contributed by atoms with E-state index in [2.05, 4.69) is 13.5 Å². The van der Waals surface area contributed by atoms with Gasteiger partial charge in [-0.25, -0.2) is 0 Å². The van der Waals surface area contributed by atoms with E-state index in [4.69, 9.17) is 16.3 Å². The number of primary amides is 1. The molecule has 204 valence electrons. The highest BCUT2D eigenvalue weighted by molar-refractivity contribution is 5.92. The van der Waals surface area contributed by atoms with Crippen molar-refractivity contribution in [2.45, 2.75) is 106 Å². The van der Waals surface area contributed by atoms with E-state index in [1.807, 2.05) is 60.4 Å². The smallest absolute Gasteiger partial charge is 0.245 e. The molecule has 1 saturated heterocycles. The fraction of sp³-hybridized carbons (Fsp3) is 0.840. The Bertz CT molecular complexity index is 567. The highest BCUT2D eigenvalue weighted by Gasteiger charge is 2.35. The Hall–Kier alpha value is -1.39. The Morgan fingerprint density at radius 3 is 2.03 bits per heavy atom. The highest BCUT2D eigenvalue weighted by atomic mass is 19.2. The van der Waals surface area contributed by atoms with Gasteiger partial charge >= 0.3 is 0 Å². The third kappa shape index (κ3) is 13.5. The first-order valence-corrected chi connectivity index (χ1v) is 12.4. The van der Waals surface area contributed by atoms with Gasteiger partial charge in [-0.3, -0.25) is 14.5 Å². The van der Waals surface area contributed by atoms with Gasteiger partial charge in [0, 0.05) is 12.1 Å². The van der Waals surface area contributed by atoms with Crippen LogP contribution in [0.2, 0.25) is 0 Å². The van der Waals surface area contributed by atoms with E-state index in [9.17, 15) is 14.1 Å². The summed E-state index contributed by atoms with van der Waals surface area (Å²) in [4.78, 5) is 28.8. The van der Waals surface area contributed by atoms with Crippen LogP contribution in [0, 0.1) is 17.3 Å². The first-order valence-electron chi connectivity index (χ1n) is 12.4. The maximum Gasteiger partial charge on any atom is 0.245 e. The Labute approximate surface area is 208 Å². The topological polar surface area (TPSA) is 137 Å². The molecule has 0 spiro atoms. The van der Waals surface area contributed by atoms with E-state index < -0.39 is 11.9 Å². The number of aldehydes is 1. The van der Waals surface area contributed by atoms with Gasteiger partial charge in [-0.15, -0.1) is 4.48 Å². The summed E-state index contributed by atoms with van der Waals surface area (Å²) in [5.41, 5.74) is 10.7. The molecule has 4 atom stereocenters. The van der Waals surface area contributed by atoms with E-state index in [0.29, 0.717) is 23.5 Å². The second-order valence-corrected chi connectivity index (χ2v) is 9.58. The van der Waals surface area contributed by atoms with Crippen molar-refractivity contribution in [2.75, 3.05) is 13.6 Å². The summed E-state index contributed by atoms with van der Waals surface area (Å²) in [6, 6.07) is -1.11. The molecular weight excluding hydrogens is 437 g/mol. The molecule has 34 heavy (non-hydrogen) atoms. The summed E-state index contributed by atoms with van der Waals surface area (Å²) in [5.74, 6) is 0.227. The van der Waals surface area contributed by atoms with Crippen LogP contribution in [0.15, 0.2) is 12.2 Å². The molecule has 9 heteroatoms. The first kappa shape index (κ1) is 37.2. The monoisotopic (exact) mass is 491 g/mol. The maximum atomic E-state index is 14.5. The fourth-order valence-corrected chi connectivity index (χ4v) is 3.28. The van der Waals surface area contributed by atoms with Gasteiger partial charge in [-0.1, -0.05) is 81.2 Å². The molecule has 1 aliphatic carbocycles. The van der Waals surface area contributed by atoms with Gasteiger partial charge in [0.1, 0.15) is 12.5 Å². The number of rotatable bonds is 8. The quantitative estimate of drug-likeness (QED) is 0.192. The summed E-state index contributed by atoms with van der Waals surface area (Å²) in [6.07, 6.45) is 5.08. The average Bonchev–Trinajstić information content (AvgIpc) is 3.05. The van der Waals surface area contributed by atoms with Crippen molar-refractivity contribution in [3.63, 3.8) is 0 Å². The molecule has 2 rings (SSSR count). The number of nitrogens with zero attached hydrogens (tertiary/aromatic N) is 2. The number of likely N-dealkylation sites (tertiary alicyclic amines) is 1. The molecule has 1 aliphatic heterocycles. The Balaban J connectivity index is -0.000000627. The lowest BCUT2D eigenvalue weighted by molar-refractivity contribution is -0.340. The van der Waals surface area contributed by atoms with Gasteiger partial charge < -0.3 is 22.4 Å². The number of nitrogens with two attached hydrogens (primary N) is 2. The number of hydrogen-bond donors (Lipinski definition) is 3. The van der Waals surface area contributed by atoms with Crippen LogP contribution in [0.3, 0.4) is 0 Å². The van der Waals surface area contributed by atoms with Crippen LogP contribution in [-0.2, 0) is 14.4 Å². The van der Waals surface area contributed by atoms with Gasteiger partial charge in [0.15, 0.2) is 0 Å². The predicted octanol–water partition coefficient (Wildman–Crippen LogP) is 4.78. The molecule has 0 aromatic carbocycles. The highest BCUT2D eigenvalue weighted by Crippen LogP contribution is 2.34. The predicted molar refractivity (Wildman–Crippen MR) is 140 cm³/mol. The minimum atomic E-state index is -0.780. The zero-order chi connectivity index (χ0) is 26.4. The molecule has 4 unspecified atom stereocenters. The van der Waals surface area contributed by atoms with Gasteiger partial charge in [0.25, 0.3) is 0 Å². The Morgan fingerprint density at radius 1 is 1.26 bits per heavy atom. The number of halogens is 1. The molecule has 1 heterocycles. The summed E-state index contributed by atoms with van der Waals surface area (Å²) in [5, 5.41) is 0.310. The van der Waals surface area contributed by atoms with Crippen molar-refractivity contribution in [3.05, 3.63) is 12.2 Å². The van der Waals surface area contributed by atoms with Crippen LogP contribution in [0.4, 0.5) is 4.48 Å². The minimum absolute atomic E-state index is 0. The second-order valence-electron chi connectivity index (χ2n) is 9.58. The Kier molecular flexibility index (Phi) is 20.6. The van der Waals surface area contributed by atoms with Crippen molar-refractivity contribution < 1.29 is 18.9 Å². The van der Waals surface area contributed by atoms with Crippen molar-refractivity contribution in [1.82, 2.24) is 16.3 Å². The molecule has 0 aromatic heterocycles. The number of carbonyl (C=O) groups is 2. The lowest BCUT2D eigenvalue weighted by atomic mass is 9.80. The van der Waals surface area contributed by atoms with E-state index in [1.165, 1.54) is 0 Å². The zero-order valence-corrected chi connectivity index (χ0v) is 23.3. The standard InChI is InChI=1S/C15H26FN3O2.C6H13NO.2C2H6.H3N/c1-10-7-14(18(3)9-10)21-19(16)13(11(2)15(17)20)8-12-5-4-6-12;1-6(2,3)5(7)4-8;2*1-2;/h10,12-14H,2,4-9H2,1,3H3,(H2,17,20);4-5H,7H2,1-3H3;2*1-2H3;1H3. The van der Waals surface area contributed by atoms with Crippen LogP contribution in [-0.4, -0.2) is 54.3 Å².